The molecule has 3 saturated heterocycles. The molecule has 3 aliphatic heterocycles. The first-order valence-electron chi connectivity index (χ1n) is 15.2. The lowest BCUT2D eigenvalue weighted by molar-refractivity contribution is -0.154. The number of hydrogen-bond donors (Lipinski definition) is 2. The van der Waals surface area contributed by atoms with Crippen molar-refractivity contribution in [1.82, 2.24) is 13.6 Å². The number of aliphatic hydroxyl groups excluding tert-OH is 2. The predicted octanol–water partition coefficient (Wildman–Crippen LogP) is 2.95. The maximum Gasteiger partial charge on any atom is 0.309 e. The van der Waals surface area contributed by atoms with Crippen molar-refractivity contribution in [2.75, 3.05) is 26.3 Å². The number of hydrogen-bond acceptors (Lipinski definition) is 10. The van der Waals surface area contributed by atoms with Crippen LogP contribution in [0.2, 0.25) is 0 Å². The van der Waals surface area contributed by atoms with E-state index in [-0.39, 0.29) is 43.3 Å². The van der Waals surface area contributed by atoms with E-state index < -0.39 is 52.2 Å². The number of aromatic nitrogens is 1. The number of nitrogens with zero attached hydrogens (tertiary/aromatic N) is 3. The van der Waals surface area contributed by atoms with Gasteiger partial charge in [-0.15, -0.1) is 11.3 Å². The van der Waals surface area contributed by atoms with Gasteiger partial charge in [-0.1, -0.05) is 34.1 Å². The van der Waals surface area contributed by atoms with Crippen molar-refractivity contribution < 1.29 is 37.7 Å². The SMILES string of the molecule is C/C(=C\c1csc(C)n1)[C@@H]1CC2C(CCC[C@H](C)[C@H](O)[C@@H](C)C(=O)C(C)(C)[C@@H](O)CC(=O)O1)N2S(=O)(=O)N1CCOCC1. The Hall–Kier alpha value is -1.74. The highest BCUT2D eigenvalue weighted by Crippen LogP contribution is 2.42. The molecular formula is C30H47N3O8S2. The van der Waals surface area contributed by atoms with Gasteiger partial charge in [0.2, 0.25) is 0 Å². The van der Waals surface area contributed by atoms with Crippen LogP contribution in [0.4, 0.5) is 0 Å². The van der Waals surface area contributed by atoms with E-state index in [0.717, 1.165) is 10.7 Å². The van der Waals surface area contributed by atoms with Crippen molar-refractivity contribution >= 4 is 39.4 Å². The topological polar surface area (TPSA) is 146 Å². The molecular weight excluding hydrogens is 594 g/mol. The van der Waals surface area contributed by atoms with E-state index >= 15 is 0 Å². The van der Waals surface area contributed by atoms with Gasteiger partial charge >= 0.3 is 5.97 Å². The van der Waals surface area contributed by atoms with Crippen molar-refractivity contribution in [2.24, 2.45) is 17.3 Å². The van der Waals surface area contributed by atoms with Crippen LogP contribution in [-0.4, -0.2) is 101 Å². The molecule has 0 aliphatic carbocycles. The Balaban J connectivity index is 1.66. The minimum Gasteiger partial charge on any atom is -0.458 e. The summed E-state index contributed by atoms with van der Waals surface area (Å²) in [7, 11) is -3.77. The Labute approximate surface area is 259 Å². The molecule has 8 atom stereocenters. The van der Waals surface area contributed by atoms with Crippen LogP contribution in [0.15, 0.2) is 11.0 Å². The maximum atomic E-state index is 13.7. The van der Waals surface area contributed by atoms with E-state index in [4.69, 9.17) is 9.47 Å². The largest absolute Gasteiger partial charge is 0.458 e. The first kappa shape index (κ1) is 34.1. The Morgan fingerprint density at radius 3 is 2.44 bits per heavy atom. The highest BCUT2D eigenvalue weighted by molar-refractivity contribution is 7.87. The van der Waals surface area contributed by atoms with E-state index in [1.165, 1.54) is 19.9 Å². The molecule has 0 saturated carbocycles. The smallest absolute Gasteiger partial charge is 0.309 e. The van der Waals surface area contributed by atoms with Crippen molar-refractivity contribution in [3.05, 3.63) is 21.7 Å². The molecule has 3 aliphatic rings. The number of carbonyl (C=O) groups excluding carboxylic acids is 2. The zero-order valence-electron chi connectivity index (χ0n) is 26.1. The normalized spacial score (nSPS) is 35.7. The van der Waals surface area contributed by atoms with Gasteiger partial charge < -0.3 is 19.7 Å². The summed E-state index contributed by atoms with van der Waals surface area (Å²) in [6.45, 7) is 11.7. The summed E-state index contributed by atoms with van der Waals surface area (Å²) in [5.74, 6) is -1.98. The van der Waals surface area contributed by atoms with Gasteiger partial charge in [0.05, 0.1) is 48.0 Å². The molecule has 0 bridgehead atoms. The molecule has 11 nitrogen and oxygen atoms in total. The molecule has 0 radical (unpaired) electrons. The van der Waals surface area contributed by atoms with Gasteiger partial charge in [0, 0.05) is 42.9 Å². The average Bonchev–Trinajstić information content (AvgIpc) is 3.50. The van der Waals surface area contributed by atoms with Gasteiger partial charge in [0.15, 0.2) is 0 Å². The lowest BCUT2D eigenvalue weighted by Crippen LogP contribution is -2.45. The summed E-state index contributed by atoms with van der Waals surface area (Å²) in [5, 5.41) is 24.9. The van der Waals surface area contributed by atoms with Crippen molar-refractivity contribution in [1.29, 1.82) is 0 Å². The standard InChI is InChI=1S/C30H47N3O8S2/c1-18-8-7-9-23-24(33(23)43(38,39)32-10-12-40-13-11-32)15-25(19(2)14-22-17-42-21(4)31-22)41-27(35)16-26(34)30(5,6)29(37)20(3)28(18)36/h14,17-18,20,23-26,28,34,36H,7-13,15-16H2,1-6H3/b19-14+/t18-,20+,23?,24?,25-,26-,28-,33?/m0/s1. The fraction of sp³-hybridized carbons (Fsp3) is 0.767. The third-order valence-electron chi connectivity index (χ3n) is 9.32. The van der Waals surface area contributed by atoms with E-state index in [1.54, 1.807) is 20.8 Å². The Kier molecular flexibility index (Phi) is 10.9. The minimum absolute atomic E-state index is 0.217. The van der Waals surface area contributed by atoms with Crippen LogP contribution in [0.1, 0.15) is 77.4 Å². The highest BCUT2D eigenvalue weighted by Gasteiger charge is 2.57. The number of morpholine rings is 1. The van der Waals surface area contributed by atoms with E-state index in [0.29, 0.717) is 38.0 Å². The van der Waals surface area contributed by atoms with Gasteiger partial charge in [0.25, 0.3) is 10.2 Å². The number of Topliss-reactive ketones (excluding diaryl/α,β-unsaturated/α-hetero) is 1. The second kappa shape index (κ2) is 13.7. The lowest BCUT2D eigenvalue weighted by atomic mass is 9.73. The Morgan fingerprint density at radius 2 is 1.81 bits per heavy atom. The molecule has 13 heteroatoms. The molecule has 4 rings (SSSR count). The predicted molar refractivity (Wildman–Crippen MR) is 163 cm³/mol. The molecule has 4 heterocycles. The molecule has 43 heavy (non-hydrogen) atoms. The van der Waals surface area contributed by atoms with Gasteiger partial charge in [-0.3, -0.25) is 9.59 Å². The number of rotatable bonds is 4. The molecule has 0 amide bonds. The molecule has 0 spiro atoms. The van der Waals surface area contributed by atoms with E-state index in [1.807, 2.05) is 32.2 Å². The number of thiazole rings is 1. The summed E-state index contributed by atoms with van der Waals surface area (Å²) in [6.07, 6.45) is 0.483. The fourth-order valence-corrected chi connectivity index (χ4v) is 8.85. The summed E-state index contributed by atoms with van der Waals surface area (Å²) in [6, 6.07) is -0.676. The number of cyclic esters (lactones) is 1. The zero-order valence-corrected chi connectivity index (χ0v) is 27.7. The summed E-state index contributed by atoms with van der Waals surface area (Å²) < 4.78 is 41.8. The first-order valence-corrected chi connectivity index (χ1v) is 17.5. The summed E-state index contributed by atoms with van der Waals surface area (Å²) in [4.78, 5) is 31.1. The number of fused-ring (bicyclic) bond motifs is 1. The number of ether oxygens (including phenoxy) is 2. The van der Waals surface area contributed by atoms with Gasteiger partial charge in [0.1, 0.15) is 11.9 Å². The van der Waals surface area contributed by atoms with Crippen LogP contribution in [0.3, 0.4) is 0 Å². The van der Waals surface area contributed by atoms with Crippen molar-refractivity contribution in [3.8, 4) is 0 Å². The van der Waals surface area contributed by atoms with E-state index in [2.05, 4.69) is 4.98 Å². The lowest BCUT2D eigenvalue weighted by Gasteiger charge is -2.34. The van der Waals surface area contributed by atoms with E-state index in [9.17, 15) is 28.2 Å². The molecule has 3 unspecified atom stereocenters. The van der Waals surface area contributed by atoms with Gasteiger partial charge in [-0.25, -0.2) is 4.98 Å². The second-order valence-corrected chi connectivity index (χ2v) is 15.8. The highest BCUT2D eigenvalue weighted by atomic mass is 32.2. The molecule has 2 N–H and O–H groups in total. The number of carbonyl (C=O) groups is 2. The first-order chi connectivity index (χ1) is 20.1. The van der Waals surface area contributed by atoms with Crippen LogP contribution in [0, 0.1) is 24.2 Å². The van der Waals surface area contributed by atoms with Crippen LogP contribution >= 0.6 is 11.3 Å². The fourth-order valence-electron chi connectivity index (χ4n) is 6.30. The molecule has 3 fully saturated rings. The molecule has 242 valence electrons. The third-order valence-corrected chi connectivity index (χ3v) is 12.2. The molecule has 1 aromatic heterocycles. The third kappa shape index (κ3) is 7.74. The van der Waals surface area contributed by atoms with Crippen LogP contribution in [0.5, 0.6) is 0 Å². The molecule has 1 aromatic rings. The average molecular weight is 642 g/mol. The van der Waals surface area contributed by atoms with Crippen molar-refractivity contribution in [2.45, 2.75) is 104 Å². The quantitative estimate of drug-likeness (QED) is 0.374. The van der Waals surface area contributed by atoms with Gasteiger partial charge in [-0.2, -0.15) is 17.0 Å². The number of ketones is 1. The van der Waals surface area contributed by atoms with Gasteiger partial charge in [-0.05, 0) is 44.3 Å². The number of esters is 1. The Morgan fingerprint density at radius 1 is 1.14 bits per heavy atom. The van der Waals surface area contributed by atoms with Crippen LogP contribution in [0.25, 0.3) is 6.08 Å². The number of aliphatic hydroxyl groups is 2. The minimum atomic E-state index is -3.77. The second-order valence-electron chi connectivity index (χ2n) is 12.9. The van der Waals surface area contributed by atoms with Crippen LogP contribution < -0.4 is 0 Å². The zero-order chi connectivity index (χ0) is 31.7. The molecule has 0 aromatic carbocycles. The van der Waals surface area contributed by atoms with Crippen LogP contribution in [-0.2, 0) is 29.3 Å². The summed E-state index contributed by atoms with van der Waals surface area (Å²) in [5.41, 5.74) is 0.144. The summed E-state index contributed by atoms with van der Waals surface area (Å²) >= 11 is 1.50. The number of aryl methyl sites for hydroxylation is 1. The van der Waals surface area contributed by atoms with Crippen molar-refractivity contribution in [3.63, 3.8) is 0 Å². The monoisotopic (exact) mass is 641 g/mol. The Bertz CT molecular complexity index is 1290. The maximum absolute atomic E-state index is 13.7.